The van der Waals surface area contributed by atoms with E-state index in [1.54, 1.807) is 11.6 Å². The van der Waals surface area contributed by atoms with Gasteiger partial charge in [0, 0.05) is 16.5 Å². The molecular weight excluding hydrogens is 334 g/mol. The Bertz CT molecular complexity index is 918. The topological polar surface area (TPSA) is 78.0 Å². The number of carbonyl (C=O) groups is 1. The highest BCUT2D eigenvalue weighted by atomic mass is 32.2. The second-order valence-corrected chi connectivity index (χ2v) is 6.72. The van der Waals surface area contributed by atoms with Crippen molar-refractivity contribution >= 4 is 34.8 Å². The molecular formula is C19H19N3O2S. The fraction of sp³-hybridized carbons (Fsp3) is 0.158. The van der Waals surface area contributed by atoms with Crippen LogP contribution in [-0.2, 0) is 4.79 Å². The minimum absolute atomic E-state index is 0.564. The zero-order chi connectivity index (χ0) is 17.6. The molecule has 0 saturated carbocycles. The number of aromatic amines is 1. The molecule has 2 aromatic carbocycles. The second kappa shape index (κ2) is 8.00. The fourth-order valence-electron chi connectivity index (χ4n) is 2.43. The van der Waals surface area contributed by atoms with Gasteiger partial charge in [0.2, 0.25) is 0 Å². The van der Waals surface area contributed by atoms with Crippen molar-refractivity contribution in [1.82, 2.24) is 15.4 Å². The predicted molar refractivity (Wildman–Crippen MR) is 102 cm³/mol. The molecule has 0 aliphatic heterocycles. The van der Waals surface area contributed by atoms with Crippen LogP contribution < -0.4 is 5.48 Å². The van der Waals surface area contributed by atoms with Gasteiger partial charge in [-0.2, -0.15) is 0 Å². The summed E-state index contributed by atoms with van der Waals surface area (Å²) in [6.45, 7) is 2.17. The molecule has 0 fully saturated rings. The van der Waals surface area contributed by atoms with Gasteiger partial charge in [0.25, 0.3) is 5.91 Å². The molecule has 0 saturated heterocycles. The first-order valence-corrected chi connectivity index (χ1v) is 9.03. The van der Waals surface area contributed by atoms with Crippen molar-refractivity contribution in [1.29, 1.82) is 0 Å². The quantitative estimate of drug-likeness (QED) is 0.268. The van der Waals surface area contributed by atoms with Gasteiger partial charge >= 0.3 is 0 Å². The van der Waals surface area contributed by atoms with Gasteiger partial charge in [0.15, 0.2) is 0 Å². The second-order valence-electron chi connectivity index (χ2n) is 5.55. The van der Waals surface area contributed by atoms with E-state index in [0.29, 0.717) is 0 Å². The number of H-pyrrole nitrogens is 1. The van der Waals surface area contributed by atoms with E-state index >= 15 is 0 Å². The molecule has 0 spiro atoms. The third-order valence-corrected chi connectivity index (χ3v) is 4.82. The van der Waals surface area contributed by atoms with Crippen LogP contribution in [0.5, 0.6) is 0 Å². The summed E-state index contributed by atoms with van der Waals surface area (Å²) in [5, 5.41) is 8.53. The summed E-state index contributed by atoms with van der Waals surface area (Å²) in [6.07, 6.45) is 4.05. The van der Waals surface area contributed by atoms with Crippen LogP contribution in [0.2, 0.25) is 0 Å². The van der Waals surface area contributed by atoms with E-state index in [9.17, 15) is 4.79 Å². The molecule has 0 aliphatic carbocycles. The lowest BCUT2D eigenvalue weighted by atomic mass is 10.1. The Kier molecular flexibility index (Phi) is 5.53. The maximum atomic E-state index is 11.1. The first kappa shape index (κ1) is 17.3. The van der Waals surface area contributed by atoms with Crippen molar-refractivity contribution in [2.24, 2.45) is 0 Å². The highest BCUT2D eigenvalue weighted by Crippen LogP contribution is 2.26. The number of hydrogen-bond acceptors (Lipinski definition) is 4. The number of amides is 1. The van der Waals surface area contributed by atoms with Crippen molar-refractivity contribution in [3.63, 3.8) is 0 Å². The van der Waals surface area contributed by atoms with E-state index in [-0.39, 0.29) is 0 Å². The molecule has 1 amide bonds. The zero-order valence-electron chi connectivity index (χ0n) is 13.8. The third kappa shape index (κ3) is 4.29. The highest BCUT2D eigenvalue weighted by molar-refractivity contribution is 7.99. The summed E-state index contributed by atoms with van der Waals surface area (Å²) >= 11 is 1.84. The van der Waals surface area contributed by atoms with E-state index in [1.807, 2.05) is 42.1 Å². The van der Waals surface area contributed by atoms with E-state index in [4.69, 9.17) is 5.21 Å². The van der Waals surface area contributed by atoms with E-state index in [2.05, 4.69) is 29.0 Å². The lowest BCUT2D eigenvalue weighted by molar-refractivity contribution is -0.124. The number of nitrogens with zero attached hydrogens (tertiary/aromatic N) is 1. The van der Waals surface area contributed by atoms with Crippen LogP contribution >= 0.6 is 11.8 Å². The predicted octanol–water partition coefficient (Wildman–Crippen LogP) is 4.25. The largest absolute Gasteiger partial charge is 0.338 e. The lowest BCUT2D eigenvalue weighted by Crippen LogP contribution is -2.14. The van der Waals surface area contributed by atoms with Crippen molar-refractivity contribution in [2.75, 3.05) is 5.75 Å². The number of hydroxylamine groups is 1. The van der Waals surface area contributed by atoms with Crippen LogP contribution in [0.25, 0.3) is 28.5 Å². The van der Waals surface area contributed by atoms with Gasteiger partial charge in [-0.05, 0) is 48.1 Å². The van der Waals surface area contributed by atoms with Crippen molar-refractivity contribution < 1.29 is 10.0 Å². The third-order valence-electron chi connectivity index (χ3n) is 3.62. The van der Waals surface area contributed by atoms with Crippen molar-refractivity contribution in [2.45, 2.75) is 18.2 Å². The number of thioether (sulfide) groups is 1. The SMILES string of the molecule is CCCSc1ccc2nc(-c3cccc(C=CC(=O)NO)c3)[nH]c2c1. The Morgan fingerprint density at radius 1 is 1.32 bits per heavy atom. The van der Waals surface area contributed by atoms with Crippen LogP contribution in [0.4, 0.5) is 0 Å². The first-order valence-electron chi connectivity index (χ1n) is 8.04. The Morgan fingerprint density at radius 3 is 3.00 bits per heavy atom. The molecule has 0 radical (unpaired) electrons. The smallest absolute Gasteiger partial charge is 0.267 e. The molecule has 0 bridgehead atoms. The number of aromatic nitrogens is 2. The maximum absolute atomic E-state index is 11.1. The van der Waals surface area contributed by atoms with E-state index in [0.717, 1.165) is 40.2 Å². The molecule has 0 aliphatic rings. The minimum atomic E-state index is -0.564. The normalized spacial score (nSPS) is 11.3. The van der Waals surface area contributed by atoms with Crippen LogP contribution in [0, 0.1) is 0 Å². The molecule has 5 nitrogen and oxygen atoms in total. The van der Waals surface area contributed by atoms with Gasteiger partial charge in [-0.3, -0.25) is 10.0 Å². The summed E-state index contributed by atoms with van der Waals surface area (Å²) in [5.41, 5.74) is 5.29. The molecule has 3 N–H and O–H groups in total. The summed E-state index contributed by atoms with van der Waals surface area (Å²) in [5.74, 6) is 1.32. The standard InChI is InChI=1S/C19H19N3O2S/c1-2-10-25-15-7-8-16-17(12-15)21-19(20-16)14-5-3-4-13(11-14)6-9-18(23)22-24/h3-9,11-12,24H,2,10H2,1H3,(H,20,21)(H,22,23). The van der Waals surface area contributed by atoms with Gasteiger partial charge in [-0.1, -0.05) is 25.1 Å². The number of imidazole rings is 1. The van der Waals surface area contributed by atoms with Crippen LogP contribution in [-0.4, -0.2) is 26.8 Å². The number of hydrogen-bond donors (Lipinski definition) is 3. The Hall–Kier alpha value is -2.57. The van der Waals surface area contributed by atoms with E-state index in [1.165, 1.54) is 11.0 Å². The first-order chi connectivity index (χ1) is 12.2. The molecule has 0 unspecified atom stereocenters. The Balaban J connectivity index is 1.88. The van der Waals surface area contributed by atoms with Crippen LogP contribution in [0.1, 0.15) is 18.9 Å². The Morgan fingerprint density at radius 2 is 2.20 bits per heavy atom. The monoisotopic (exact) mass is 353 g/mol. The molecule has 3 rings (SSSR count). The number of benzene rings is 2. The highest BCUT2D eigenvalue weighted by Gasteiger charge is 2.07. The molecule has 0 atom stereocenters. The summed E-state index contributed by atoms with van der Waals surface area (Å²) < 4.78 is 0. The average molecular weight is 353 g/mol. The molecule has 1 heterocycles. The summed E-state index contributed by atoms with van der Waals surface area (Å²) in [4.78, 5) is 20.3. The van der Waals surface area contributed by atoms with Gasteiger partial charge in [-0.25, -0.2) is 10.5 Å². The minimum Gasteiger partial charge on any atom is -0.338 e. The van der Waals surface area contributed by atoms with Gasteiger partial charge < -0.3 is 4.98 Å². The lowest BCUT2D eigenvalue weighted by Gasteiger charge is -1.99. The van der Waals surface area contributed by atoms with Crippen LogP contribution in [0.15, 0.2) is 53.4 Å². The molecule has 6 heteroatoms. The molecule has 1 aromatic heterocycles. The number of fused-ring (bicyclic) bond motifs is 1. The number of nitrogens with one attached hydrogen (secondary N) is 2. The van der Waals surface area contributed by atoms with Crippen LogP contribution in [0.3, 0.4) is 0 Å². The van der Waals surface area contributed by atoms with Gasteiger partial charge in [0.05, 0.1) is 11.0 Å². The maximum Gasteiger partial charge on any atom is 0.267 e. The molecule has 3 aromatic rings. The summed E-state index contributed by atoms with van der Waals surface area (Å²) in [6, 6.07) is 13.9. The molecule has 128 valence electrons. The summed E-state index contributed by atoms with van der Waals surface area (Å²) in [7, 11) is 0. The zero-order valence-corrected chi connectivity index (χ0v) is 14.6. The molecule has 25 heavy (non-hydrogen) atoms. The average Bonchev–Trinajstić information content (AvgIpc) is 3.08. The number of carbonyl (C=O) groups excluding carboxylic acids is 1. The van der Waals surface area contributed by atoms with Gasteiger partial charge in [0.1, 0.15) is 5.82 Å². The Labute approximate surface area is 150 Å². The van der Waals surface area contributed by atoms with Crippen molar-refractivity contribution in [3.8, 4) is 11.4 Å². The van der Waals surface area contributed by atoms with Crippen molar-refractivity contribution in [3.05, 3.63) is 54.1 Å². The number of rotatable bonds is 6. The van der Waals surface area contributed by atoms with E-state index < -0.39 is 5.91 Å². The van der Waals surface area contributed by atoms with Gasteiger partial charge in [-0.15, -0.1) is 11.8 Å². The fourth-order valence-corrected chi connectivity index (χ4v) is 3.24.